The average Bonchev–Trinajstić information content (AvgIpc) is 3.00. The Hall–Kier alpha value is -2.41. The predicted octanol–water partition coefficient (Wildman–Crippen LogP) is 2.78. The number of likely N-dealkylation sites (tertiary alicyclic amines) is 1. The van der Waals surface area contributed by atoms with Crippen LogP contribution in [0.15, 0.2) is 24.3 Å². The molecule has 2 aliphatic heterocycles. The molecule has 30 heavy (non-hydrogen) atoms. The average molecular weight is 414 g/mol. The summed E-state index contributed by atoms with van der Waals surface area (Å²) >= 11 is 0. The second-order valence-electron chi connectivity index (χ2n) is 9.26. The van der Waals surface area contributed by atoms with E-state index in [1.165, 1.54) is 0 Å². The number of amides is 4. The second kappa shape index (κ2) is 8.02. The Bertz CT molecular complexity index is 837. The molecule has 3 aliphatic rings. The van der Waals surface area contributed by atoms with E-state index in [1.807, 2.05) is 12.1 Å². The summed E-state index contributed by atoms with van der Waals surface area (Å²) in [6.45, 7) is 5.20. The van der Waals surface area contributed by atoms with Crippen molar-refractivity contribution in [1.82, 2.24) is 10.2 Å². The molecule has 0 unspecified atom stereocenters. The Morgan fingerprint density at radius 2 is 1.93 bits per heavy atom. The molecule has 1 aromatic carbocycles. The van der Waals surface area contributed by atoms with Gasteiger partial charge in [0.15, 0.2) is 0 Å². The molecule has 0 radical (unpaired) electrons. The van der Waals surface area contributed by atoms with Gasteiger partial charge in [0.25, 0.3) is 5.91 Å². The summed E-state index contributed by atoms with van der Waals surface area (Å²) in [5, 5.41) is 13.5. The lowest BCUT2D eigenvalue weighted by Crippen LogP contribution is -2.55. The zero-order chi connectivity index (χ0) is 21.5. The van der Waals surface area contributed by atoms with Crippen LogP contribution < -0.4 is 10.2 Å². The summed E-state index contributed by atoms with van der Waals surface area (Å²) in [4.78, 5) is 41.0. The summed E-state index contributed by atoms with van der Waals surface area (Å²) in [6.07, 6.45) is 4.40. The van der Waals surface area contributed by atoms with E-state index in [0.717, 1.165) is 36.1 Å². The number of carbonyl (C=O) groups excluding carboxylic acids is 3. The van der Waals surface area contributed by atoms with E-state index < -0.39 is 23.6 Å². The van der Waals surface area contributed by atoms with Crippen molar-refractivity contribution in [2.75, 3.05) is 18.0 Å². The van der Waals surface area contributed by atoms with E-state index in [1.54, 1.807) is 17.0 Å². The molecular weight excluding hydrogens is 382 g/mol. The van der Waals surface area contributed by atoms with Crippen molar-refractivity contribution in [2.24, 2.45) is 5.92 Å². The van der Waals surface area contributed by atoms with Crippen LogP contribution in [0.3, 0.4) is 0 Å². The van der Waals surface area contributed by atoms with Crippen LogP contribution in [0, 0.1) is 5.92 Å². The number of rotatable bonds is 4. The number of hydrogen-bond donors (Lipinski definition) is 2. The first kappa shape index (κ1) is 20.8. The maximum atomic E-state index is 12.9. The lowest BCUT2D eigenvalue weighted by atomic mass is 9.71. The van der Waals surface area contributed by atoms with Gasteiger partial charge in [0.2, 0.25) is 5.91 Å². The molecule has 0 spiro atoms. The van der Waals surface area contributed by atoms with Gasteiger partial charge in [-0.3, -0.25) is 9.59 Å². The van der Waals surface area contributed by atoms with Crippen molar-refractivity contribution in [3.8, 4) is 0 Å². The van der Waals surface area contributed by atoms with Gasteiger partial charge in [0, 0.05) is 19.0 Å². The van der Waals surface area contributed by atoms with Gasteiger partial charge >= 0.3 is 6.03 Å². The second-order valence-corrected chi connectivity index (χ2v) is 9.26. The minimum atomic E-state index is -0.845. The fourth-order valence-electron chi connectivity index (χ4n) is 5.02. The Morgan fingerprint density at radius 1 is 1.20 bits per heavy atom. The Kier molecular flexibility index (Phi) is 5.57. The highest BCUT2D eigenvalue weighted by Crippen LogP contribution is 2.40. The molecule has 2 saturated heterocycles. The van der Waals surface area contributed by atoms with Crippen LogP contribution in [-0.4, -0.2) is 52.6 Å². The number of benzene rings is 1. The fraction of sp³-hybridized carbons (Fsp3) is 0.609. The summed E-state index contributed by atoms with van der Waals surface area (Å²) in [6, 6.07) is 6.03. The minimum absolute atomic E-state index is 0.0453. The number of fused-ring (bicyclic) bond motifs is 1. The number of anilines is 1. The third-order valence-electron chi connectivity index (χ3n) is 7.00. The quantitative estimate of drug-likeness (QED) is 0.743. The number of urea groups is 1. The molecule has 2 heterocycles. The number of hydrogen-bond acceptors (Lipinski definition) is 4. The molecule has 4 rings (SSSR count). The van der Waals surface area contributed by atoms with Gasteiger partial charge in [-0.1, -0.05) is 38.8 Å². The number of piperidine rings is 1. The van der Waals surface area contributed by atoms with Crippen LogP contribution in [0.1, 0.15) is 63.9 Å². The number of nitrogens with zero attached hydrogens (tertiary/aromatic N) is 2. The zero-order valence-electron chi connectivity index (χ0n) is 17.8. The van der Waals surface area contributed by atoms with Gasteiger partial charge in [-0.05, 0) is 42.9 Å². The maximum Gasteiger partial charge on any atom is 0.329 e. The van der Waals surface area contributed by atoms with E-state index in [-0.39, 0.29) is 18.2 Å². The Balaban J connectivity index is 1.40. The van der Waals surface area contributed by atoms with Crippen molar-refractivity contribution in [2.45, 2.75) is 69.9 Å². The first-order chi connectivity index (χ1) is 14.3. The van der Waals surface area contributed by atoms with Crippen molar-refractivity contribution in [3.63, 3.8) is 0 Å². The third-order valence-corrected chi connectivity index (χ3v) is 7.00. The number of imide groups is 1. The highest BCUT2D eigenvalue weighted by Gasteiger charge is 2.45. The number of aliphatic hydroxyl groups is 1. The van der Waals surface area contributed by atoms with Crippen molar-refractivity contribution < 1.29 is 19.5 Å². The Labute approximate surface area is 177 Å². The molecule has 3 atom stereocenters. The zero-order valence-corrected chi connectivity index (χ0v) is 17.8. The largest absolute Gasteiger partial charge is 0.389 e. The molecule has 1 saturated carbocycles. The predicted molar refractivity (Wildman–Crippen MR) is 113 cm³/mol. The van der Waals surface area contributed by atoms with Crippen LogP contribution in [0.2, 0.25) is 0 Å². The minimum Gasteiger partial charge on any atom is -0.389 e. The SMILES string of the molecule is CC(C)c1ccc(N2C(=O)N[C@@H](CC(=O)N3CC[C@]4(O)CCCC[C@@H]4C3)C2=O)cc1. The van der Waals surface area contributed by atoms with E-state index in [0.29, 0.717) is 31.1 Å². The normalized spacial score (nSPS) is 29.2. The van der Waals surface area contributed by atoms with Crippen molar-refractivity contribution >= 4 is 23.5 Å². The molecule has 4 amide bonds. The fourth-order valence-corrected chi connectivity index (χ4v) is 5.02. The van der Waals surface area contributed by atoms with Gasteiger partial charge in [0.05, 0.1) is 17.7 Å². The lowest BCUT2D eigenvalue weighted by Gasteiger charge is -2.47. The number of carbonyl (C=O) groups is 3. The third kappa shape index (κ3) is 3.83. The van der Waals surface area contributed by atoms with Crippen LogP contribution in [0.5, 0.6) is 0 Å². The van der Waals surface area contributed by atoms with E-state index >= 15 is 0 Å². The van der Waals surface area contributed by atoms with E-state index in [4.69, 9.17) is 0 Å². The highest BCUT2D eigenvalue weighted by atomic mass is 16.3. The van der Waals surface area contributed by atoms with Gasteiger partial charge in [-0.2, -0.15) is 0 Å². The molecule has 1 aromatic rings. The first-order valence-corrected chi connectivity index (χ1v) is 11.0. The first-order valence-electron chi connectivity index (χ1n) is 11.0. The molecule has 2 N–H and O–H groups in total. The van der Waals surface area contributed by atoms with E-state index in [9.17, 15) is 19.5 Å². The van der Waals surface area contributed by atoms with Crippen molar-refractivity contribution in [3.05, 3.63) is 29.8 Å². The molecule has 3 fully saturated rings. The van der Waals surface area contributed by atoms with Gasteiger partial charge in [-0.25, -0.2) is 9.69 Å². The lowest BCUT2D eigenvalue weighted by molar-refractivity contribution is -0.144. The van der Waals surface area contributed by atoms with Crippen LogP contribution in [-0.2, 0) is 9.59 Å². The molecular formula is C23H31N3O4. The van der Waals surface area contributed by atoms with Crippen LogP contribution in [0.25, 0.3) is 0 Å². The topological polar surface area (TPSA) is 90.0 Å². The van der Waals surface area contributed by atoms with Crippen molar-refractivity contribution in [1.29, 1.82) is 0 Å². The summed E-state index contributed by atoms with van der Waals surface area (Å²) in [5.41, 5.74) is 0.998. The summed E-state index contributed by atoms with van der Waals surface area (Å²) in [7, 11) is 0. The summed E-state index contributed by atoms with van der Waals surface area (Å²) in [5.74, 6) is -0.0669. The standard InChI is InChI=1S/C23H31N3O4/c1-15(2)16-6-8-18(9-7-16)26-21(28)19(24-22(26)29)13-20(27)25-12-11-23(30)10-4-3-5-17(23)14-25/h6-9,15,17,19,30H,3-5,10-14H2,1-2H3,(H,24,29)/t17-,19+,23-/m1/s1. The molecule has 0 bridgehead atoms. The smallest absolute Gasteiger partial charge is 0.329 e. The Morgan fingerprint density at radius 3 is 2.63 bits per heavy atom. The molecule has 0 aromatic heterocycles. The molecule has 7 heteroatoms. The number of nitrogens with one attached hydrogen (secondary N) is 1. The van der Waals surface area contributed by atoms with Crippen LogP contribution >= 0.6 is 0 Å². The molecule has 162 valence electrons. The van der Waals surface area contributed by atoms with Gasteiger partial charge in [-0.15, -0.1) is 0 Å². The van der Waals surface area contributed by atoms with E-state index in [2.05, 4.69) is 19.2 Å². The molecule has 1 aliphatic carbocycles. The maximum absolute atomic E-state index is 12.9. The summed E-state index contributed by atoms with van der Waals surface area (Å²) < 4.78 is 0. The monoisotopic (exact) mass is 413 g/mol. The van der Waals surface area contributed by atoms with Gasteiger partial charge in [0.1, 0.15) is 6.04 Å². The van der Waals surface area contributed by atoms with Gasteiger partial charge < -0.3 is 15.3 Å². The highest BCUT2D eigenvalue weighted by molar-refractivity contribution is 6.22. The molecule has 7 nitrogen and oxygen atoms in total. The van der Waals surface area contributed by atoms with Crippen LogP contribution in [0.4, 0.5) is 10.5 Å².